The topological polar surface area (TPSA) is 311 Å². The highest BCUT2D eigenvalue weighted by Crippen LogP contribution is 2.66. The Kier molecular flexibility index (Phi) is 7.04. The van der Waals surface area contributed by atoms with Crippen LogP contribution in [0.2, 0.25) is 0 Å². The van der Waals surface area contributed by atoms with Gasteiger partial charge in [-0.2, -0.15) is 13.6 Å². The van der Waals surface area contributed by atoms with Crippen LogP contribution in [0, 0.1) is 0 Å². The smallest absolute Gasteiger partial charge is 0.385 e. The second-order valence-corrected chi connectivity index (χ2v) is 11.0. The van der Waals surface area contributed by atoms with Gasteiger partial charge in [0.05, 0.1) is 6.33 Å². The fourth-order valence-corrected chi connectivity index (χ4v) is 5.94. The molecule has 20 nitrogen and oxygen atoms in total. The van der Waals surface area contributed by atoms with Crippen LogP contribution in [0.5, 0.6) is 0 Å². The van der Waals surface area contributed by atoms with Gasteiger partial charge < -0.3 is 40.3 Å². The number of nitrogens with two attached hydrogens (primary N) is 1. The summed E-state index contributed by atoms with van der Waals surface area (Å²) in [5, 5.41) is 20.9. The normalized spacial score (nSPS) is 29.1. The van der Waals surface area contributed by atoms with Gasteiger partial charge in [-0.25, -0.2) is 18.7 Å². The number of imidazole rings is 1. The van der Waals surface area contributed by atoms with Crippen LogP contribution in [0.1, 0.15) is 6.23 Å². The Balaban J connectivity index is 1.84. The first-order chi connectivity index (χ1) is 15.5. The molecule has 190 valence electrons. The molecule has 23 heteroatoms. The first kappa shape index (κ1) is 26.7. The van der Waals surface area contributed by atoms with Crippen LogP contribution in [-0.4, -0.2) is 80.6 Å². The summed E-state index contributed by atoms with van der Waals surface area (Å²) < 4.78 is 52.2. The van der Waals surface area contributed by atoms with Crippen molar-refractivity contribution >= 4 is 47.3 Å². The van der Waals surface area contributed by atoms with Gasteiger partial charge in [0.25, 0.3) is 5.56 Å². The maximum Gasteiger partial charge on any atom is 0.490 e. The summed E-state index contributed by atoms with van der Waals surface area (Å²) in [6.45, 7) is 1.89. The molecule has 0 bridgehead atoms. The van der Waals surface area contributed by atoms with Gasteiger partial charge in [-0.05, 0) is 6.72 Å². The molecule has 3 unspecified atom stereocenters. The van der Waals surface area contributed by atoms with Gasteiger partial charge in [-0.1, -0.05) is 0 Å². The minimum Gasteiger partial charge on any atom is -0.385 e. The zero-order valence-electron chi connectivity index (χ0n) is 16.4. The summed E-state index contributed by atoms with van der Waals surface area (Å²) in [7, 11) is -17.0. The number of aliphatic imine (C=N–C) groups is 1. The molecule has 0 spiro atoms. The molecule has 0 amide bonds. The van der Waals surface area contributed by atoms with E-state index in [1.165, 1.54) is 0 Å². The second kappa shape index (κ2) is 8.96. The van der Waals surface area contributed by atoms with Crippen molar-refractivity contribution in [3.05, 3.63) is 16.7 Å². The van der Waals surface area contributed by atoms with Gasteiger partial charge in [-0.3, -0.25) is 23.9 Å². The quantitative estimate of drug-likeness (QED) is 0.120. The molecule has 0 aromatic carbocycles. The van der Waals surface area contributed by atoms with Crippen LogP contribution in [0.3, 0.4) is 0 Å². The van der Waals surface area contributed by atoms with Crippen molar-refractivity contribution in [1.29, 1.82) is 0 Å². The van der Waals surface area contributed by atoms with E-state index in [2.05, 4.69) is 39.8 Å². The number of nitrogen functional groups attached to an aromatic ring is 1. The number of anilines is 1. The van der Waals surface area contributed by atoms with Crippen molar-refractivity contribution < 1.29 is 61.4 Å². The number of aliphatic hydroxyl groups is 2. The van der Waals surface area contributed by atoms with E-state index in [9.17, 15) is 38.5 Å². The molecular weight excluding hydrogens is 533 g/mol. The monoisotopic (exact) mass is 550 g/mol. The van der Waals surface area contributed by atoms with Gasteiger partial charge in [0.1, 0.15) is 18.8 Å². The van der Waals surface area contributed by atoms with Gasteiger partial charge in [0, 0.05) is 0 Å². The maximum absolute atomic E-state index is 12.0. The number of phosphoric ester groups is 1. The Hall–Kier alpha value is -1.89. The van der Waals surface area contributed by atoms with Crippen molar-refractivity contribution in [3.8, 4) is 0 Å². The van der Waals surface area contributed by atoms with E-state index in [-0.39, 0.29) is 17.1 Å². The molecule has 1 fully saturated rings. The third-order valence-electron chi connectivity index (χ3n) is 4.25. The fraction of sp³-hybridized carbons (Fsp3) is 0.455. The van der Waals surface area contributed by atoms with E-state index < -0.39 is 59.8 Å². The van der Waals surface area contributed by atoms with Crippen LogP contribution >= 0.6 is 23.5 Å². The summed E-state index contributed by atoms with van der Waals surface area (Å²) in [4.78, 5) is 61.2. The number of rotatable bonds is 9. The van der Waals surface area contributed by atoms with Gasteiger partial charge in [-0.15, -0.1) is 0 Å². The summed E-state index contributed by atoms with van der Waals surface area (Å²) in [5.41, 5.74) is 1.98. The molecule has 0 aliphatic carbocycles. The van der Waals surface area contributed by atoms with Crippen LogP contribution in [-0.2, 0) is 31.6 Å². The molecule has 3 heterocycles. The molecule has 2 aromatic heterocycles. The number of aliphatic hydroxyl groups excluding tert-OH is 2. The summed E-state index contributed by atoms with van der Waals surface area (Å²) >= 11 is 0. The first-order valence-electron chi connectivity index (χ1n) is 8.52. The molecular formula is C11H17N6O14P3. The number of ether oxygens (including phenoxy) is 1. The minimum absolute atomic E-state index is 0.176. The lowest BCUT2D eigenvalue weighted by molar-refractivity contribution is -0.119. The number of aromatic amines is 1. The summed E-state index contributed by atoms with van der Waals surface area (Å²) in [6, 6.07) is 0. The van der Waals surface area contributed by atoms with Crippen molar-refractivity contribution in [1.82, 2.24) is 19.5 Å². The van der Waals surface area contributed by atoms with Crippen molar-refractivity contribution in [2.24, 2.45) is 4.99 Å². The fourth-order valence-electron chi connectivity index (χ4n) is 2.90. The van der Waals surface area contributed by atoms with Crippen molar-refractivity contribution in [2.75, 3.05) is 12.3 Å². The molecule has 1 aliphatic heterocycles. The number of nitrogens with zero attached hydrogens (tertiary/aromatic N) is 4. The van der Waals surface area contributed by atoms with E-state index in [1.54, 1.807) is 0 Å². The summed E-state index contributed by atoms with van der Waals surface area (Å²) in [6.07, 6.45) is -4.44. The molecule has 1 saturated heterocycles. The first-order valence-corrected chi connectivity index (χ1v) is 13.0. The third kappa shape index (κ3) is 5.50. The van der Waals surface area contributed by atoms with Crippen molar-refractivity contribution in [3.63, 3.8) is 0 Å². The standard InChI is InChI=1S/C11H17N6O14P3/c1-13-11(2-28-33(24,25)31-34(26,27)30-32(21,22)23)6(19)5(18)9(29-11)17-3-14-4-7(17)15-10(12)16-8(4)20/h3,5-6,9,18-19H,1-2H2,(H,24,25)(H,26,27)(H2,21,22,23)(H3,12,15,16,20)/t5-,6+,9?,11-/m1/s1. The van der Waals surface area contributed by atoms with Crippen molar-refractivity contribution in [2.45, 2.75) is 24.2 Å². The van der Waals surface area contributed by atoms with Crippen LogP contribution in [0.25, 0.3) is 11.2 Å². The molecule has 2 aromatic rings. The molecule has 0 saturated carbocycles. The van der Waals surface area contributed by atoms with Crippen LogP contribution < -0.4 is 11.3 Å². The number of hydrogen-bond donors (Lipinski definition) is 8. The second-order valence-electron chi connectivity index (χ2n) is 6.59. The van der Waals surface area contributed by atoms with E-state index in [4.69, 9.17) is 20.3 Å². The third-order valence-corrected chi connectivity index (χ3v) is 8.03. The van der Waals surface area contributed by atoms with Gasteiger partial charge in [0.2, 0.25) is 11.7 Å². The Morgan fingerprint density at radius 2 is 1.88 bits per heavy atom. The number of fused-ring (bicyclic) bond motifs is 1. The average Bonchev–Trinajstić information content (AvgIpc) is 3.18. The zero-order valence-corrected chi connectivity index (χ0v) is 19.1. The average molecular weight is 550 g/mol. The lowest BCUT2D eigenvalue weighted by Crippen LogP contribution is -2.45. The Bertz CT molecular complexity index is 1310. The highest BCUT2D eigenvalue weighted by Gasteiger charge is 2.56. The Morgan fingerprint density at radius 3 is 2.47 bits per heavy atom. The highest BCUT2D eigenvalue weighted by molar-refractivity contribution is 7.66. The molecule has 34 heavy (non-hydrogen) atoms. The van der Waals surface area contributed by atoms with Crippen LogP contribution in [0.15, 0.2) is 16.1 Å². The molecule has 6 atom stereocenters. The number of phosphoric acid groups is 3. The Labute approximate surface area is 187 Å². The van der Waals surface area contributed by atoms with Crippen LogP contribution in [0.4, 0.5) is 5.95 Å². The van der Waals surface area contributed by atoms with E-state index in [1.807, 2.05) is 0 Å². The lowest BCUT2D eigenvalue weighted by Gasteiger charge is -2.27. The number of H-pyrrole nitrogens is 1. The largest absolute Gasteiger partial charge is 0.490 e. The minimum atomic E-state index is -5.81. The zero-order chi connectivity index (χ0) is 25.7. The van der Waals surface area contributed by atoms with E-state index >= 15 is 0 Å². The molecule has 9 N–H and O–H groups in total. The number of aromatic nitrogens is 4. The maximum atomic E-state index is 12.0. The highest BCUT2D eigenvalue weighted by atomic mass is 31.3. The lowest BCUT2D eigenvalue weighted by atomic mass is 10.1. The molecule has 3 rings (SSSR count). The van der Waals surface area contributed by atoms with Gasteiger partial charge >= 0.3 is 23.5 Å². The summed E-state index contributed by atoms with van der Waals surface area (Å²) in [5.74, 6) is -0.312. The number of hydrogen-bond acceptors (Lipinski definition) is 14. The Morgan fingerprint density at radius 1 is 1.24 bits per heavy atom. The SMILES string of the molecule is C=N[C@]1(COP(=O)(O)OP(=O)(O)OP(=O)(O)O)OC(n2cnc3c(=O)[nH]c(N)nc32)[C@H](O)[C@@H]1O. The predicted molar refractivity (Wildman–Crippen MR) is 107 cm³/mol. The molecule has 1 aliphatic rings. The number of nitrogens with one attached hydrogen (secondary N) is 1. The van der Waals surface area contributed by atoms with E-state index in [0.717, 1.165) is 10.9 Å². The predicted octanol–water partition coefficient (Wildman–Crippen LogP) is -2.31. The van der Waals surface area contributed by atoms with E-state index in [0.29, 0.717) is 0 Å². The van der Waals surface area contributed by atoms with Gasteiger partial charge in [0.15, 0.2) is 17.4 Å². The molecule has 0 radical (unpaired) electrons.